The molecule has 1 fully saturated rings. The smallest absolute Gasteiger partial charge is 0.311 e. The zero-order valence-electron chi connectivity index (χ0n) is 24.5. The predicted octanol–water partition coefficient (Wildman–Crippen LogP) is 8.23. The molecule has 4 nitrogen and oxygen atoms in total. The predicted molar refractivity (Wildman–Crippen MR) is 148 cm³/mol. The number of esters is 1. The Kier molecular flexibility index (Phi) is 8.57. The van der Waals surface area contributed by atoms with Gasteiger partial charge in [-0.2, -0.15) is 0 Å². The van der Waals surface area contributed by atoms with Crippen molar-refractivity contribution in [3.05, 3.63) is 34.9 Å². The average molecular weight is 499 g/mol. The number of hydrogen-bond acceptors (Lipinski definition) is 4. The van der Waals surface area contributed by atoms with Crippen molar-refractivity contribution < 1.29 is 19.0 Å². The maximum Gasteiger partial charge on any atom is 0.311 e. The van der Waals surface area contributed by atoms with Gasteiger partial charge in [-0.3, -0.25) is 4.79 Å². The van der Waals surface area contributed by atoms with Crippen molar-refractivity contribution in [2.75, 3.05) is 20.8 Å². The highest BCUT2D eigenvalue weighted by Gasteiger charge is 2.56. The van der Waals surface area contributed by atoms with Gasteiger partial charge in [0.1, 0.15) is 18.1 Å². The van der Waals surface area contributed by atoms with Crippen molar-refractivity contribution in [2.24, 2.45) is 22.7 Å². The highest BCUT2D eigenvalue weighted by molar-refractivity contribution is 5.75. The molecule has 0 aromatic heterocycles. The number of fused-ring (bicyclic) bond motifs is 1. The molecule has 0 heterocycles. The number of methoxy groups -OCH3 is 2. The number of carbonyl (C=O) groups is 1. The Hall–Kier alpha value is -1.97. The first-order valence-corrected chi connectivity index (χ1v) is 13.9. The summed E-state index contributed by atoms with van der Waals surface area (Å²) in [7, 11) is 3.53. The van der Waals surface area contributed by atoms with Crippen LogP contribution >= 0.6 is 0 Å². The second-order valence-corrected chi connectivity index (χ2v) is 13.3. The summed E-state index contributed by atoms with van der Waals surface area (Å²) in [5.41, 5.74) is 3.30. The molecule has 202 valence electrons. The maximum atomic E-state index is 12.5. The number of hydrogen-bond donors (Lipinski definition) is 0. The molecular weight excluding hydrogens is 448 g/mol. The fourth-order valence-corrected chi connectivity index (χ4v) is 6.26. The second-order valence-electron chi connectivity index (χ2n) is 13.3. The number of carbonyl (C=O) groups excluding carboxylic acids is 1. The summed E-state index contributed by atoms with van der Waals surface area (Å²) in [4.78, 5) is 12.5. The van der Waals surface area contributed by atoms with Crippen molar-refractivity contribution in [3.63, 3.8) is 0 Å². The minimum Gasteiger partial charge on any atom is -0.496 e. The topological polar surface area (TPSA) is 44.8 Å². The molecule has 0 N–H and O–H groups in total. The summed E-state index contributed by atoms with van der Waals surface area (Å²) in [6, 6.07) is 4.48. The van der Waals surface area contributed by atoms with Crippen molar-refractivity contribution in [1.82, 2.24) is 0 Å². The van der Waals surface area contributed by atoms with Crippen LogP contribution in [-0.2, 0) is 14.9 Å². The number of unbranched alkanes of at least 4 members (excludes halogenated alkanes) is 3. The molecule has 0 spiro atoms. The first-order valence-electron chi connectivity index (χ1n) is 13.9. The fraction of sp³-hybridized carbons (Fsp3) is 0.719. The summed E-state index contributed by atoms with van der Waals surface area (Å²) >= 11 is 0. The summed E-state index contributed by atoms with van der Waals surface area (Å²) in [5, 5.41) is 0. The molecule has 36 heavy (non-hydrogen) atoms. The Morgan fingerprint density at radius 3 is 2.11 bits per heavy atom. The highest BCUT2D eigenvalue weighted by Crippen LogP contribution is 2.65. The third kappa shape index (κ3) is 5.63. The van der Waals surface area contributed by atoms with E-state index in [1.807, 2.05) is 20.8 Å². The minimum atomic E-state index is -0.502. The van der Waals surface area contributed by atoms with Crippen LogP contribution < -0.4 is 9.47 Å². The number of rotatable bonds is 11. The Morgan fingerprint density at radius 1 is 1.00 bits per heavy atom. The molecule has 4 rings (SSSR count). The van der Waals surface area contributed by atoms with Gasteiger partial charge in [0.2, 0.25) is 0 Å². The highest BCUT2D eigenvalue weighted by atomic mass is 16.5. The van der Waals surface area contributed by atoms with Gasteiger partial charge in [0.05, 0.1) is 19.6 Å². The molecule has 3 aliphatic rings. The summed E-state index contributed by atoms with van der Waals surface area (Å²) in [6.07, 6.45) is 9.64. The lowest BCUT2D eigenvalue weighted by atomic mass is 9.45. The lowest BCUT2D eigenvalue weighted by molar-refractivity contribution is -0.152. The van der Waals surface area contributed by atoms with E-state index in [2.05, 4.69) is 52.8 Å². The van der Waals surface area contributed by atoms with E-state index < -0.39 is 5.41 Å². The molecule has 4 heteroatoms. The zero-order valence-corrected chi connectivity index (χ0v) is 24.5. The molecule has 1 aromatic rings. The van der Waals surface area contributed by atoms with E-state index in [0.29, 0.717) is 18.4 Å². The van der Waals surface area contributed by atoms with Gasteiger partial charge in [-0.05, 0) is 79.5 Å². The quantitative estimate of drug-likeness (QED) is 0.175. The van der Waals surface area contributed by atoms with E-state index in [-0.39, 0.29) is 22.7 Å². The molecule has 1 aromatic carbocycles. The van der Waals surface area contributed by atoms with Crippen LogP contribution in [-0.4, -0.2) is 26.8 Å². The summed E-state index contributed by atoms with van der Waals surface area (Å²) < 4.78 is 17.9. The molecule has 0 saturated heterocycles. The largest absolute Gasteiger partial charge is 0.496 e. The Bertz CT molecular complexity index is 938. The Labute approximate surface area is 220 Å². The van der Waals surface area contributed by atoms with Gasteiger partial charge in [-0.15, -0.1) is 0 Å². The second kappa shape index (κ2) is 10.8. The molecule has 0 radical (unpaired) electrons. The molecule has 3 atom stereocenters. The normalized spacial score (nSPS) is 22.9. The van der Waals surface area contributed by atoms with Crippen LogP contribution in [0.5, 0.6) is 11.5 Å². The first kappa shape index (κ1) is 28.6. The zero-order chi connectivity index (χ0) is 26.9. The van der Waals surface area contributed by atoms with Crippen LogP contribution in [0.25, 0.3) is 0 Å². The van der Waals surface area contributed by atoms with E-state index in [0.717, 1.165) is 29.9 Å². The standard InChI is InChI=1S/C32H50O4/c1-11-12-13-14-15-31(5,6)22-17-26(34-9)28(27(18-22)35-10)23-16-21(20-36-29(33)30(2,3)4)24-19-25(23)32(24,7)8/h16-18,23-25H,11-15,19-20H2,1-10H3/t23-,24-,25?/m0/s1. The van der Waals surface area contributed by atoms with Crippen LogP contribution in [0.2, 0.25) is 0 Å². The number of allylic oxidation sites excluding steroid dienone is 1. The van der Waals surface area contributed by atoms with Gasteiger partial charge in [0, 0.05) is 11.5 Å². The van der Waals surface area contributed by atoms with E-state index in [1.165, 1.54) is 36.8 Å². The van der Waals surface area contributed by atoms with Crippen molar-refractivity contribution in [2.45, 2.75) is 105 Å². The SMILES string of the molecule is CCCCCCC(C)(C)c1cc(OC)c([C@H]2C=C(COC(=O)C(C)(C)C)[C@@H]3CC2C3(C)C)c(OC)c1. The van der Waals surface area contributed by atoms with E-state index >= 15 is 0 Å². The van der Waals surface area contributed by atoms with E-state index in [9.17, 15) is 4.79 Å². The van der Waals surface area contributed by atoms with Gasteiger partial charge in [0.15, 0.2) is 0 Å². The fourth-order valence-electron chi connectivity index (χ4n) is 6.26. The minimum absolute atomic E-state index is 0.0440. The van der Waals surface area contributed by atoms with Crippen LogP contribution in [0.15, 0.2) is 23.8 Å². The van der Waals surface area contributed by atoms with Crippen LogP contribution in [0.4, 0.5) is 0 Å². The van der Waals surface area contributed by atoms with Gasteiger partial charge in [-0.25, -0.2) is 0 Å². The van der Waals surface area contributed by atoms with Crippen LogP contribution in [0.1, 0.15) is 111 Å². The van der Waals surface area contributed by atoms with Gasteiger partial charge >= 0.3 is 5.97 Å². The van der Waals surface area contributed by atoms with Gasteiger partial charge in [-0.1, -0.05) is 66.4 Å². The molecule has 3 aliphatic carbocycles. The third-order valence-electron chi connectivity index (χ3n) is 8.91. The molecule has 1 saturated carbocycles. The molecule has 2 bridgehead atoms. The molecule has 0 amide bonds. The first-order chi connectivity index (χ1) is 16.8. The lowest BCUT2D eigenvalue weighted by Crippen LogP contribution is -2.52. The molecule has 0 aliphatic heterocycles. The molecular formula is C32H50O4. The van der Waals surface area contributed by atoms with Crippen LogP contribution in [0, 0.1) is 22.7 Å². The number of benzene rings is 1. The monoisotopic (exact) mass is 498 g/mol. The summed E-state index contributed by atoms with van der Waals surface area (Å²) in [6.45, 7) is 17.7. The average Bonchev–Trinajstić information content (AvgIpc) is 2.82. The summed E-state index contributed by atoms with van der Waals surface area (Å²) in [5.74, 6) is 2.77. The Balaban J connectivity index is 1.96. The van der Waals surface area contributed by atoms with Crippen molar-refractivity contribution >= 4 is 5.97 Å². The van der Waals surface area contributed by atoms with E-state index in [4.69, 9.17) is 14.2 Å². The van der Waals surface area contributed by atoms with Gasteiger partial charge in [0.25, 0.3) is 0 Å². The van der Waals surface area contributed by atoms with E-state index in [1.54, 1.807) is 14.2 Å². The Morgan fingerprint density at radius 2 is 1.61 bits per heavy atom. The van der Waals surface area contributed by atoms with Crippen molar-refractivity contribution in [3.8, 4) is 11.5 Å². The molecule has 1 unspecified atom stereocenters. The third-order valence-corrected chi connectivity index (χ3v) is 8.91. The number of ether oxygens (including phenoxy) is 3. The lowest BCUT2D eigenvalue weighted by Gasteiger charge is -2.59. The van der Waals surface area contributed by atoms with Crippen LogP contribution in [0.3, 0.4) is 0 Å². The van der Waals surface area contributed by atoms with Gasteiger partial charge < -0.3 is 14.2 Å². The van der Waals surface area contributed by atoms with Crippen molar-refractivity contribution in [1.29, 1.82) is 0 Å². The maximum absolute atomic E-state index is 12.5.